The SMILES string of the molecule is Cc1cc(NC(=O)c2cccc(F)c2Br)nn1C. The third-order valence-corrected chi connectivity index (χ3v) is 3.36. The van der Waals surface area contributed by atoms with Crippen molar-refractivity contribution in [3.05, 3.63) is 45.8 Å². The molecule has 1 heterocycles. The van der Waals surface area contributed by atoms with Crippen LogP contribution in [-0.4, -0.2) is 15.7 Å². The Morgan fingerprint density at radius 1 is 1.50 bits per heavy atom. The third kappa shape index (κ3) is 2.43. The minimum Gasteiger partial charge on any atom is -0.305 e. The first-order chi connectivity index (χ1) is 8.49. The normalized spacial score (nSPS) is 10.4. The number of carbonyl (C=O) groups is 1. The lowest BCUT2D eigenvalue weighted by Gasteiger charge is -2.04. The molecular weight excluding hydrogens is 301 g/mol. The quantitative estimate of drug-likeness (QED) is 0.927. The Labute approximate surface area is 112 Å². The second kappa shape index (κ2) is 4.89. The summed E-state index contributed by atoms with van der Waals surface area (Å²) in [7, 11) is 1.78. The van der Waals surface area contributed by atoms with Crippen molar-refractivity contribution in [1.82, 2.24) is 9.78 Å². The minimum absolute atomic E-state index is 0.148. The van der Waals surface area contributed by atoms with Gasteiger partial charge in [-0.15, -0.1) is 0 Å². The number of hydrogen-bond acceptors (Lipinski definition) is 2. The van der Waals surface area contributed by atoms with E-state index in [0.29, 0.717) is 5.82 Å². The van der Waals surface area contributed by atoms with Crippen molar-refractivity contribution in [1.29, 1.82) is 0 Å². The van der Waals surface area contributed by atoms with Gasteiger partial charge in [-0.1, -0.05) is 6.07 Å². The van der Waals surface area contributed by atoms with Crippen molar-refractivity contribution in [2.45, 2.75) is 6.92 Å². The van der Waals surface area contributed by atoms with Crippen molar-refractivity contribution in [2.24, 2.45) is 7.05 Å². The lowest BCUT2D eigenvalue weighted by molar-refractivity contribution is 0.102. The molecule has 0 aliphatic carbocycles. The molecule has 0 saturated carbocycles. The Balaban J connectivity index is 2.24. The van der Waals surface area contributed by atoms with E-state index in [1.165, 1.54) is 18.2 Å². The van der Waals surface area contributed by atoms with Gasteiger partial charge in [0.2, 0.25) is 0 Å². The van der Waals surface area contributed by atoms with Crippen molar-refractivity contribution in [2.75, 3.05) is 5.32 Å². The molecule has 0 aliphatic heterocycles. The molecule has 0 bridgehead atoms. The standard InChI is InChI=1S/C12H11BrFN3O/c1-7-6-10(16-17(7)2)15-12(18)8-4-3-5-9(14)11(8)13/h3-6H,1-2H3,(H,15,16,18). The van der Waals surface area contributed by atoms with Gasteiger partial charge in [0, 0.05) is 18.8 Å². The fourth-order valence-electron chi connectivity index (χ4n) is 1.48. The summed E-state index contributed by atoms with van der Waals surface area (Å²) in [6, 6.07) is 6.05. The van der Waals surface area contributed by atoms with E-state index in [2.05, 4.69) is 26.3 Å². The number of hydrogen-bond donors (Lipinski definition) is 1. The van der Waals surface area contributed by atoms with Crippen LogP contribution in [0.5, 0.6) is 0 Å². The van der Waals surface area contributed by atoms with Crippen LogP contribution in [0.15, 0.2) is 28.7 Å². The predicted octanol–water partition coefficient (Wildman–Crippen LogP) is 2.88. The molecule has 2 aromatic rings. The smallest absolute Gasteiger partial charge is 0.258 e. The Morgan fingerprint density at radius 2 is 2.22 bits per heavy atom. The highest BCUT2D eigenvalue weighted by Crippen LogP contribution is 2.21. The summed E-state index contributed by atoms with van der Waals surface area (Å²) >= 11 is 3.05. The van der Waals surface area contributed by atoms with Gasteiger partial charge in [0.1, 0.15) is 5.82 Å². The maximum Gasteiger partial charge on any atom is 0.258 e. The van der Waals surface area contributed by atoms with Crippen LogP contribution >= 0.6 is 15.9 Å². The maximum absolute atomic E-state index is 13.3. The number of rotatable bonds is 2. The Morgan fingerprint density at radius 3 is 2.83 bits per heavy atom. The first kappa shape index (κ1) is 12.8. The molecule has 1 amide bonds. The highest BCUT2D eigenvalue weighted by atomic mass is 79.9. The second-order valence-electron chi connectivity index (χ2n) is 3.85. The number of anilines is 1. The number of amides is 1. The van der Waals surface area contributed by atoms with Crippen LogP contribution in [0.1, 0.15) is 16.1 Å². The summed E-state index contributed by atoms with van der Waals surface area (Å²) < 4.78 is 15.1. The Hall–Kier alpha value is -1.69. The van der Waals surface area contributed by atoms with Gasteiger partial charge in [-0.3, -0.25) is 9.48 Å². The number of nitrogens with one attached hydrogen (secondary N) is 1. The topological polar surface area (TPSA) is 46.9 Å². The number of aryl methyl sites for hydroxylation is 2. The van der Waals surface area contributed by atoms with Crippen molar-refractivity contribution in [3.63, 3.8) is 0 Å². The zero-order valence-corrected chi connectivity index (χ0v) is 11.5. The summed E-state index contributed by atoms with van der Waals surface area (Å²) in [6.45, 7) is 1.88. The molecule has 0 radical (unpaired) electrons. The molecule has 18 heavy (non-hydrogen) atoms. The molecule has 0 atom stereocenters. The van der Waals surface area contributed by atoms with Crippen LogP contribution in [0.2, 0.25) is 0 Å². The summed E-state index contributed by atoms with van der Waals surface area (Å²) in [5, 5.41) is 6.72. The highest BCUT2D eigenvalue weighted by molar-refractivity contribution is 9.10. The van der Waals surface area contributed by atoms with Gasteiger partial charge in [-0.05, 0) is 35.0 Å². The van der Waals surface area contributed by atoms with Crippen molar-refractivity contribution in [3.8, 4) is 0 Å². The molecule has 0 aliphatic rings. The van der Waals surface area contributed by atoms with E-state index in [1.54, 1.807) is 17.8 Å². The predicted molar refractivity (Wildman–Crippen MR) is 70.0 cm³/mol. The minimum atomic E-state index is -0.472. The van der Waals surface area contributed by atoms with Crippen LogP contribution in [0.3, 0.4) is 0 Å². The molecule has 94 valence electrons. The first-order valence-corrected chi connectivity index (χ1v) is 6.04. The molecule has 0 fully saturated rings. The molecule has 4 nitrogen and oxygen atoms in total. The van der Waals surface area contributed by atoms with Crippen LogP contribution in [0, 0.1) is 12.7 Å². The molecule has 6 heteroatoms. The van der Waals surface area contributed by atoms with E-state index in [-0.39, 0.29) is 10.0 Å². The molecule has 0 saturated heterocycles. The third-order valence-electron chi connectivity index (χ3n) is 2.55. The summed E-state index contributed by atoms with van der Waals surface area (Å²) in [4.78, 5) is 12.0. The fourth-order valence-corrected chi connectivity index (χ4v) is 1.93. The molecule has 2 rings (SSSR count). The molecule has 1 N–H and O–H groups in total. The van der Waals surface area contributed by atoms with Crippen LogP contribution in [0.25, 0.3) is 0 Å². The van der Waals surface area contributed by atoms with E-state index in [0.717, 1.165) is 5.69 Å². The average molecular weight is 312 g/mol. The summed E-state index contributed by atoms with van der Waals surface area (Å²) in [5.41, 5.74) is 1.15. The number of benzene rings is 1. The molecule has 1 aromatic carbocycles. The Kier molecular flexibility index (Phi) is 3.47. The van der Waals surface area contributed by atoms with Gasteiger partial charge in [0.05, 0.1) is 10.0 Å². The van der Waals surface area contributed by atoms with Crippen LogP contribution < -0.4 is 5.32 Å². The van der Waals surface area contributed by atoms with E-state index in [1.807, 2.05) is 6.92 Å². The monoisotopic (exact) mass is 311 g/mol. The molecule has 1 aromatic heterocycles. The van der Waals surface area contributed by atoms with E-state index < -0.39 is 11.7 Å². The number of halogens is 2. The molecular formula is C12H11BrFN3O. The van der Waals surface area contributed by atoms with Gasteiger partial charge in [-0.25, -0.2) is 4.39 Å². The van der Waals surface area contributed by atoms with Gasteiger partial charge in [-0.2, -0.15) is 5.10 Å². The zero-order valence-electron chi connectivity index (χ0n) is 9.87. The number of carbonyl (C=O) groups excluding carboxylic acids is 1. The lowest BCUT2D eigenvalue weighted by Crippen LogP contribution is -2.13. The summed E-state index contributed by atoms with van der Waals surface area (Å²) in [6.07, 6.45) is 0. The van der Waals surface area contributed by atoms with Gasteiger partial charge in [0.15, 0.2) is 5.82 Å². The van der Waals surface area contributed by atoms with Crippen LogP contribution in [0.4, 0.5) is 10.2 Å². The number of nitrogens with zero attached hydrogens (tertiary/aromatic N) is 2. The second-order valence-corrected chi connectivity index (χ2v) is 4.64. The molecule has 0 unspecified atom stereocenters. The maximum atomic E-state index is 13.3. The fraction of sp³-hybridized carbons (Fsp3) is 0.167. The number of aromatic nitrogens is 2. The van der Waals surface area contributed by atoms with Crippen LogP contribution in [-0.2, 0) is 7.05 Å². The van der Waals surface area contributed by atoms with Gasteiger partial charge < -0.3 is 5.32 Å². The van der Waals surface area contributed by atoms with E-state index in [4.69, 9.17) is 0 Å². The van der Waals surface area contributed by atoms with Gasteiger partial charge in [0.25, 0.3) is 5.91 Å². The lowest BCUT2D eigenvalue weighted by atomic mass is 10.2. The largest absolute Gasteiger partial charge is 0.305 e. The average Bonchev–Trinajstić information content (AvgIpc) is 2.61. The molecule has 0 spiro atoms. The zero-order chi connectivity index (χ0) is 13.3. The van der Waals surface area contributed by atoms with E-state index in [9.17, 15) is 9.18 Å². The Bertz CT molecular complexity index is 590. The summed E-state index contributed by atoms with van der Waals surface area (Å²) in [5.74, 6) is -0.435. The first-order valence-electron chi connectivity index (χ1n) is 5.25. The van der Waals surface area contributed by atoms with Crippen molar-refractivity contribution < 1.29 is 9.18 Å². The van der Waals surface area contributed by atoms with Gasteiger partial charge >= 0.3 is 0 Å². The van der Waals surface area contributed by atoms with Crippen molar-refractivity contribution >= 4 is 27.7 Å². The van der Waals surface area contributed by atoms with E-state index >= 15 is 0 Å². The highest BCUT2D eigenvalue weighted by Gasteiger charge is 2.14.